The lowest BCUT2D eigenvalue weighted by atomic mass is 10.1. The number of thiophene rings is 1. The third-order valence-corrected chi connectivity index (χ3v) is 3.98. The summed E-state index contributed by atoms with van der Waals surface area (Å²) in [5.74, 6) is -0.396. The summed E-state index contributed by atoms with van der Waals surface area (Å²) < 4.78 is 41.6. The summed E-state index contributed by atoms with van der Waals surface area (Å²) in [6.45, 7) is 0. The van der Waals surface area contributed by atoms with Gasteiger partial charge in [-0.1, -0.05) is 18.2 Å². The molecule has 19 heavy (non-hydrogen) atoms. The van der Waals surface area contributed by atoms with Gasteiger partial charge in [-0.15, -0.1) is 24.5 Å². The number of hydrogen-bond donors (Lipinski definition) is 1. The van der Waals surface area contributed by atoms with Crippen LogP contribution in [0.3, 0.4) is 0 Å². The summed E-state index contributed by atoms with van der Waals surface area (Å²) in [5, 5.41) is 10.1. The molecule has 0 saturated carbocycles. The minimum Gasteiger partial charge on any atom is -0.405 e. The highest BCUT2D eigenvalue weighted by atomic mass is 79.9. The second-order valence-electron chi connectivity index (χ2n) is 3.63. The number of rotatable bonds is 3. The molecule has 0 aliphatic rings. The zero-order valence-corrected chi connectivity index (χ0v) is 11.7. The van der Waals surface area contributed by atoms with Gasteiger partial charge in [-0.25, -0.2) is 0 Å². The van der Waals surface area contributed by atoms with Crippen LogP contribution in [0.1, 0.15) is 16.5 Å². The van der Waals surface area contributed by atoms with Gasteiger partial charge in [-0.3, -0.25) is 0 Å². The van der Waals surface area contributed by atoms with Crippen LogP contribution < -0.4 is 4.74 Å². The number of halogens is 4. The van der Waals surface area contributed by atoms with E-state index in [0.29, 0.717) is 4.88 Å². The van der Waals surface area contributed by atoms with Gasteiger partial charge in [0, 0.05) is 10.4 Å². The number of aliphatic hydroxyl groups is 1. The van der Waals surface area contributed by atoms with Gasteiger partial charge in [-0.05, 0) is 34.1 Å². The maximum atomic E-state index is 12.3. The van der Waals surface area contributed by atoms with Crippen molar-refractivity contribution < 1.29 is 23.0 Å². The van der Waals surface area contributed by atoms with E-state index in [9.17, 15) is 18.3 Å². The van der Waals surface area contributed by atoms with E-state index in [1.165, 1.54) is 29.5 Å². The van der Waals surface area contributed by atoms with Crippen molar-refractivity contribution in [3.63, 3.8) is 0 Å². The molecule has 2 nitrogen and oxygen atoms in total. The lowest BCUT2D eigenvalue weighted by molar-refractivity contribution is -0.275. The third-order valence-electron chi connectivity index (χ3n) is 2.30. The van der Waals surface area contributed by atoms with E-state index in [0.717, 1.165) is 3.79 Å². The van der Waals surface area contributed by atoms with Crippen molar-refractivity contribution in [2.24, 2.45) is 0 Å². The Morgan fingerprint density at radius 1 is 1.16 bits per heavy atom. The maximum Gasteiger partial charge on any atom is 0.573 e. The molecule has 0 spiro atoms. The molecule has 1 heterocycles. The molecule has 0 amide bonds. The Morgan fingerprint density at radius 3 is 2.42 bits per heavy atom. The highest BCUT2D eigenvalue weighted by molar-refractivity contribution is 9.11. The summed E-state index contributed by atoms with van der Waals surface area (Å²) in [6.07, 6.45) is -5.94. The van der Waals surface area contributed by atoms with Gasteiger partial charge < -0.3 is 9.84 Å². The van der Waals surface area contributed by atoms with Gasteiger partial charge in [0.2, 0.25) is 0 Å². The number of hydrogen-bond acceptors (Lipinski definition) is 3. The maximum absolute atomic E-state index is 12.3. The predicted molar refractivity (Wildman–Crippen MR) is 69.2 cm³/mol. The minimum absolute atomic E-state index is 0.0779. The highest BCUT2D eigenvalue weighted by Gasteiger charge is 2.33. The fraction of sp³-hybridized carbons (Fsp3) is 0.167. The quantitative estimate of drug-likeness (QED) is 0.881. The van der Waals surface area contributed by atoms with Crippen LogP contribution in [0.2, 0.25) is 0 Å². The smallest absolute Gasteiger partial charge is 0.405 e. The normalized spacial score (nSPS) is 13.3. The Bertz CT molecular complexity index is 568. The average molecular weight is 353 g/mol. The fourth-order valence-corrected chi connectivity index (χ4v) is 2.98. The van der Waals surface area contributed by atoms with Crippen LogP contribution in [0.15, 0.2) is 40.2 Å². The van der Waals surface area contributed by atoms with Crippen molar-refractivity contribution in [1.82, 2.24) is 0 Å². The predicted octanol–water partition coefficient (Wildman–Crippen LogP) is 4.49. The van der Waals surface area contributed by atoms with Crippen LogP contribution in [0.25, 0.3) is 0 Å². The third kappa shape index (κ3) is 3.71. The molecule has 0 aliphatic heterocycles. The first-order valence-corrected chi connectivity index (χ1v) is 6.76. The van der Waals surface area contributed by atoms with Gasteiger partial charge >= 0.3 is 6.36 Å². The molecular formula is C12H8BrF3O2S. The first kappa shape index (κ1) is 14.4. The molecule has 0 bridgehead atoms. The molecule has 0 radical (unpaired) electrons. The van der Waals surface area contributed by atoms with Gasteiger partial charge in [0.05, 0.1) is 3.79 Å². The Kier molecular flexibility index (Phi) is 4.17. The van der Waals surface area contributed by atoms with Crippen molar-refractivity contribution in [2.45, 2.75) is 12.5 Å². The van der Waals surface area contributed by atoms with Crippen molar-refractivity contribution in [3.8, 4) is 5.75 Å². The molecule has 1 unspecified atom stereocenters. The highest BCUT2D eigenvalue weighted by Crippen LogP contribution is 2.36. The van der Waals surface area contributed by atoms with Crippen LogP contribution in [0, 0.1) is 0 Å². The zero-order valence-electron chi connectivity index (χ0n) is 9.32. The molecule has 1 aromatic heterocycles. The van der Waals surface area contributed by atoms with Crippen LogP contribution in [0.5, 0.6) is 5.75 Å². The van der Waals surface area contributed by atoms with E-state index in [1.807, 2.05) is 0 Å². The topological polar surface area (TPSA) is 29.5 Å². The molecule has 0 saturated heterocycles. The van der Waals surface area contributed by atoms with E-state index >= 15 is 0 Å². The minimum atomic E-state index is -4.79. The first-order chi connectivity index (χ1) is 8.87. The second kappa shape index (κ2) is 5.52. The van der Waals surface area contributed by atoms with E-state index in [1.54, 1.807) is 18.2 Å². The molecule has 2 rings (SSSR count). The molecule has 1 N–H and O–H groups in total. The summed E-state index contributed by atoms with van der Waals surface area (Å²) >= 11 is 4.48. The van der Waals surface area contributed by atoms with Crippen LogP contribution in [-0.2, 0) is 0 Å². The Labute approximate surface area is 119 Å². The standard InChI is InChI=1S/C12H8BrF3O2S/c13-10-6-5-9(19-10)11(17)7-3-1-2-4-8(7)18-12(14,15)16/h1-6,11,17H. The SMILES string of the molecule is OC(c1ccc(Br)s1)c1ccccc1OC(F)(F)F. The number of alkyl halides is 3. The summed E-state index contributed by atoms with van der Waals surface area (Å²) in [6, 6.07) is 8.90. The molecule has 2 aromatic rings. The van der Waals surface area contributed by atoms with E-state index in [-0.39, 0.29) is 5.56 Å². The molecule has 7 heteroatoms. The lowest BCUT2D eigenvalue weighted by Gasteiger charge is -2.16. The number of ether oxygens (including phenoxy) is 1. The monoisotopic (exact) mass is 352 g/mol. The summed E-state index contributed by atoms with van der Waals surface area (Å²) in [5.41, 5.74) is 0.0779. The molecule has 0 aliphatic carbocycles. The summed E-state index contributed by atoms with van der Waals surface area (Å²) in [4.78, 5) is 0.532. The number of benzene rings is 1. The molecule has 102 valence electrons. The number of para-hydroxylation sites is 1. The number of aliphatic hydroxyl groups excluding tert-OH is 1. The van der Waals surface area contributed by atoms with Crippen molar-refractivity contribution in [3.05, 3.63) is 50.6 Å². The Hall–Kier alpha value is -1.05. The van der Waals surface area contributed by atoms with E-state index < -0.39 is 18.2 Å². The lowest BCUT2D eigenvalue weighted by Crippen LogP contribution is -2.18. The van der Waals surface area contributed by atoms with Crippen LogP contribution in [0.4, 0.5) is 13.2 Å². The Balaban J connectivity index is 2.34. The van der Waals surface area contributed by atoms with Crippen LogP contribution in [-0.4, -0.2) is 11.5 Å². The average Bonchev–Trinajstić information content (AvgIpc) is 2.74. The molecule has 1 aromatic carbocycles. The summed E-state index contributed by atoms with van der Waals surface area (Å²) in [7, 11) is 0. The largest absolute Gasteiger partial charge is 0.573 e. The van der Waals surface area contributed by atoms with Gasteiger partial charge in [-0.2, -0.15) is 0 Å². The fourth-order valence-electron chi connectivity index (χ4n) is 1.55. The Morgan fingerprint density at radius 2 is 1.84 bits per heavy atom. The van der Waals surface area contributed by atoms with Crippen LogP contribution >= 0.6 is 27.3 Å². The van der Waals surface area contributed by atoms with Gasteiger partial charge in [0.15, 0.2) is 0 Å². The van der Waals surface area contributed by atoms with Crippen molar-refractivity contribution >= 4 is 27.3 Å². The van der Waals surface area contributed by atoms with Crippen molar-refractivity contribution in [2.75, 3.05) is 0 Å². The molecular weight excluding hydrogens is 345 g/mol. The first-order valence-electron chi connectivity index (χ1n) is 5.15. The molecule has 1 atom stereocenters. The van der Waals surface area contributed by atoms with Crippen molar-refractivity contribution in [1.29, 1.82) is 0 Å². The van der Waals surface area contributed by atoms with E-state index in [4.69, 9.17) is 0 Å². The zero-order chi connectivity index (χ0) is 14.0. The van der Waals surface area contributed by atoms with Gasteiger partial charge in [0.25, 0.3) is 0 Å². The molecule has 0 fully saturated rings. The second-order valence-corrected chi connectivity index (χ2v) is 6.12. The van der Waals surface area contributed by atoms with Gasteiger partial charge in [0.1, 0.15) is 11.9 Å². The van der Waals surface area contributed by atoms with E-state index in [2.05, 4.69) is 20.7 Å².